The van der Waals surface area contributed by atoms with E-state index in [1.807, 2.05) is 0 Å². The first-order valence-corrected chi connectivity index (χ1v) is 8.52. The highest BCUT2D eigenvalue weighted by molar-refractivity contribution is 5.85. The van der Waals surface area contributed by atoms with Crippen molar-refractivity contribution in [3.05, 3.63) is 0 Å². The maximum absolute atomic E-state index is 5.35. The Hall–Kier alpha value is 0.170. The Labute approximate surface area is 139 Å². The van der Waals surface area contributed by atoms with Gasteiger partial charge in [-0.25, -0.2) is 0 Å². The zero-order chi connectivity index (χ0) is 13.9. The molecule has 1 aliphatic heterocycles. The molecule has 0 aromatic carbocycles. The molecule has 2 atom stereocenters. The minimum Gasteiger partial charge on any atom is -0.373 e. The molecule has 1 saturated heterocycles. The topological polar surface area (TPSA) is 50.8 Å². The molecular formula is C17H39ClN2O. The molecule has 0 aromatic heterocycles. The molecule has 1 fully saturated rings. The number of ether oxygens (including phenoxy) is 1. The molecule has 21 heavy (non-hydrogen) atoms. The lowest BCUT2D eigenvalue weighted by Gasteiger charge is -2.23. The molecule has 4 heteroatoms. The van der Waals surface area contributed by atoms with Crippen molar-refractivity contribution < 1.29 is 4.74 Å². The van der Waals surface area contributed by atoms with Crippen LogP contribution in [0.2, 0.25) is 0 Å². The van der Waals surface area contributed by atoms with Crippen molar-refractivity contribution >= 4 is 12.4 Å². The molecule has 130 valence electrons. The van der Waals surface area contributed by atoms with Crippen LogP contribution in [-0.4, -0.2) is 37.7 Å². The Kier molecular flexibility index (Phi) is 16.8. The Bertz CT molecular complexity index is 211. The van der Waals surface area contributed by atoms with Gasteiger partial charge in [-0.05, 0) is 26.9 Å². The van der Waals surface area contributed by atoms with Gasteiger partial charge in [-0.3, -0.25) is 0 Å². The average Bonchev–Trinajstić information content (AvgIpc) is 3.19. The second kappa shape index (κ2) is 15.1. The predicted molar refractivity (Wildman–Crippen MR) is 95.9 cm³/mol. The first-order chi connectivity index (χ1) is 9.24. The molecule has 3 nitrogen and oxygen atoms in total. The van der Waals surface area contributed by atoms with Gasteiger partial charge in [-0.1, -0.05) is 64.7 Å². The van der Waals surface area contributed by atoms with Crippen molar-refractivity contribution in [1.82, 2.24) is 11.1 Å². The van der Waals surface area contributed by atoms with Crippen molar-refractivity contribution in [2.75, 3.05) is 20.7 Å². The summed E-state index contributed by atoms with van der Waals surface area (Å²) in [5, 5.41) is 0. The lowest BCUT2D eigenvalue weighted by Crippen LogP contribution is -2.29. The van der Waals surface area contributed by atoms with Crippen molar-refractivity contribution in [2.45, 2.75) is 89.7 Å². The van der Waals surface area contributed by atoms with E-state index in [0.29, 0.717) is 6.10 Å². The maximum Gasteiger partial charge on any atom is 0.0824 e. The predicted octanol–water partition coefficient (Wildman–Crippen LogP) is 5.21. The quantitative estimate of drug-likeness (QED) is 0.374. The number of unbranched alkanes of at least 4 members (excludes halogenated alkanes) is 8. The molecule has 0 aliphatic carbocycles. The molecule has 1 rings (SSSR count). The first-order valence-electron chi connectivity index (χ1n) is 8.52. The van der Waals surface area contributed by atoms with E-state index in [1.54, 1.807) is 0 Å². The van der Waals surface area contributed by atoms with Gasteiger partial charge in [0.05, 0.1) is 12.7 Å². The highest BCUT2D eigenvalue weighted by Crippen LogP contribution is 2.21. The highest BCUT2D eigenvalue weighted by Gasteiger charge is 2.27. The molecule has 0 aromatic rings. The van der Waals surface area contributed by atoms with Crippen LogP contribution in [0.4, 0.5) is 0 Å². The minimum absolute atomic E-state index is 0. The lowest BCUT2D eigenvalue weighted by molar-refractivity contribution is 0.235. The van der Waals surface area contributed by atoms with Gasteiger partial charge >= 0.3 is 0 Å². The van der Waals surface area contributed by atoms with Crippen LogP contribution in [-0.2, 0) is 4.74 Å². The molecule has 0 amide bonds. The van der Waals surface area contributed by atoms with Crippen molar-refractivity contribution in [3.63, 3.8) is 0 Å². The van der Waals surface area contributed by atoms with Gasteiger partial charge in [0.2, 0.25) is 0 Å². The number of nitrogens with zero attached hydrogens (tertiary/aromatic N) is 1. The molecule has 1 heterocycles. The highest BCUT2D eigenvalue weighted by atomic mass is 35.5. The standard InChI is InChI=1S/C17H35NO.ClH.H3N/c1-4-5-6-7-8-9-10-11-12-13-16(18(2)3)14-17-15-19-17;;/h16-17H,4-15H2,1-3H3;1H;1H3. The molecule has 3 N–H and O–H groups in total. The SMILES string of the molecule is CCCCCCCCCCCC(CC1CO1)N(C)C.Cl.N. The molecule has 1 aliphatic rings. The fourth-order valence-electron chi connectivity index (χ4n) is 2.79. The molecule has 2 unspecified atom stereocenters. The van der Waals surface area contributed by atoms with E-state index in [4.69, 9.17) is 4.74 Å². The summed E-state index contributed by atoms with van der Waals surface area (Å²) in [5.74, 6) is 0. The summed E-state index contributed by atoms with van der Waals surface area (Å²) < 4.78 is 5.35. The Morgan fingerprint density at radius 1 is 0.952 bits per heavy atom. The monoisotopic (exact) mass is 322 g/mol. The third-order valence-electron chi connectivity index (χ3n) is 4.31. The smallest absolute Gasteiger partial charge is 0.0824 e. The molecule has 0 bridgehead atoms. The van der Waals surface area contributed by atoms with E-state index < -0.39 is 0 Å². The van der Waals surface area contributed by atoms with Gasteiger partial charge in [-0.15, -0.1) is 12.4 Å². The number of halogens is 1. The van der Waals surface area contributed by atoms with Crippen LogP contribution >= 0.6 is 12.4 Å². The molecule has 0 saturated carbocycles. The van der Waals surface area contributed by atoms with Gasteiger partial charge in [0.25, 0.3) is 0 Å². The largest absolute Gasteiger partial charge is 0.373 e. The van der Waals surface area contributed by atoms with Gasteiger partial charge in [-0.2, -0.15) is 0 Å². The zero-order valence-corrected chi connectivity index (χ0v) is 15.4. The Balaban J connectivity index is 0. The van der Waals surface area contributed by atoms with Crippen LogP contribution in [0.5, 0.6) is 0 Å². The Morgan fingerprint density at radius 2 is 1.43 bits per heavy atom. The summed E-state index contributed by atoms with van der Waals surface area (Å²) in [6.45, 7) is 3.29. The Morgan fingerprint density at radius 3 is 1.86 bits per heavy atom. The van der Waals surface area contributed by atoms with Crippen LogP contribution in [0.25, 0.3) is 0 Å². The fraction of sp³-hybridized carbons (Fsp3) is 1.00. The van der Waals surface area contributed by atoms with Gasteiger partial charge < -0.3 is 15.8 Å². The van der Waals surface area contributed by atoms with E-state index in [0.717, 1.165) is 12.6 Å². The van der Waals surface area contributed by atoms with Gasteiger partial charge in [0.15, 0.2) is 0 Å². The zero-order valence-electron chi connectivity index (χ0n) is 14.6. The van der Waals surface area contributed by atoms with Crippen molar-refractivity contribution in [3.8, 4) is 0 Å². The summed E-state index contributed by atoms with van der Waals surface area (Å²) in [7, 11) is 4.42. The summed E-state index contributed by atoms with van der Waals surface area (Å²) in [6.07, 6.45) is 16.0. The van der Waals surface area contributed by atoms with E-state index >= 15 is 0 Å². The summed E-state index contributed by atoms with van der Waals surface area (Å²) in [6, 6.07) is 0.733. The summed E-state index contributed by atoms with van der Waals surface area (Å²) in [5.41, 5.74) is 0. The average molecular weight is 323 g/mol. The maximum atomic E-state index is 5.35. The molecular weight excluding hydrogens is 284 g/mol. The normalized spacial score (nSPS) is 18.0. The number of epoxide rings is 1. The third kappa shape index (κ3) is 13.5. The molecule has 0 radical (unpaired) electrons. The van der Waals surface area contributed by atoms with Gasteiger partial charge in [0, 0.05) is 6.04 Å². The third-order valence-corrected chi connectivity index (χ3v) is 4.31. The van der Waals surface area contributed by atoms with Gasteiger partial charge in [0.1, 0.15) is 0 Å². The lowest BCUT2D eigenvalue weighted by atomic mass is 10.0. The van der Waals surface area contributed by atoms with Crippen LogP contribution in [0.1, 0.15) is 77.6 Å². The second-order valence-corrected chi connectivity index (χ2v) is 6.43. The van der Waals surface area contributed by atoms with Crippen LogP contribution in [0.15, 0.2) is 0 Å². The van der Waals surface area contributed by atoms with Crippen LogP contribution < -0.4 is 6.15 Å². The number of hydrogen-bond donors (Lipinski definition) is 1. The van der Waals surface area contributed by atoms with E-state index in [1.165, 1.54) is 70.6 Å². The minimum atomic E-state index is 0. The number of rotatable bonds is 13. The number of hydrogen-bond acceptors (Lipinski definition) is 3. The van der Waals surface area contributed by atoms with Crippen LogP contribution in [0, 0.1) is 0 Å². The summed E-state index contributed by atoms with van der Waals surface area (Å²) in [4.78, 5) is 2.38. The molecule has 0 spiro atoms. The van der Waals surface area contributed by atoms with Crippen molar-refractivity contribution in [1.29, 1.82) is 0 Å². The van der Waals surface area contributed by atoms with E-state index in [9.17, 15) is 0 Å². The van der Waals surface area contributed by atoms with Crippen molar-refractivity contribution in [2.24, 2.45) is 0 Å². The summed E-state index contributed by atoms with van der Waals surface area (Å²) >= 11 is 0. The first kappa shape index (κ1) is 23.4. The van der Waals surface area contributed by atoms with Crippen LogP contribution in [0.3, 0.4) is 0 Å². The van der Waals surface area contributed by atoms with E-state index in [2.05, 4.69) is 25.9 Å². The second-order valence-electron chi connectivity index (χ2n) is 6.43. The fourth-order valence-corrected chi connectivity index (χ4v) is 2.79. The van der Waals surface area contributed by atoms with E-state index in [-0.39, 0.29) is 18.6 Å².